The molecule has 7 rings (SSSR count). The van der Waals surface area contributed by atoms with Crippen molar-refractivity contribution in [1.82, 2.24) is 4.90 Å². The molecule has 9 nitrogen and oxygen atoms in total. The van der Waals surface area contributed by atoms with Crippen LogP contribution in [0.5, 0.6) is 0 Å². The van der Waals surface area contributed by atoms with Gasteiger partial charge in [-0.15, -0.1) is 0 Å². The fourth-order valence-electron chi connectivity index (χ4n) is 6.80. The number of ether oxygens (including phenoxy) is 4. The predicted octanol–water partition coefficient (Wildman–Crippen LogP) is 4.49. The van der Waals surface area contributed by atoms with E-state index in [9.17, 15) is 14.4 Å². The Kier molecular flexibility index (Phi) is 7.11. The summed E-state index contributed by atoms with van der Waals surface area (Å²) in [5.74, 6) is -3.63. The quantitative estimate of drug-likeness (QED) is 0.292. The van der Waals surface area contributed by atoms with Crippen molar-refractivity contribution in [2.45, 2.75) is 64.2 Å². The molecule has 3 saturated heterocycles. The third-order valence-electron chi connectivity index (χ3n) is 8.72. The number of esters is 1. The Hall–Kier alpha value is -4.31. The van der Waals surface area contributed by atoms with Crippen LogP contribution in [0.15, 0.2) is 96.8 Å². The van der Waals surface area contributed by atoms with Crippen LogP contribution in [0.1, 0.15) is 30.5 Å². The highest BCUT2D eigenvalue weighted by molar-refractivity contribution is 6.23. The van der Waals surface area contributed by atoms with Gasteiger partial charge in [-0.1, -0.05) is 78.4 Å². The number of fused-ring (bicyclic) bond motifs is 2. The SMILES string of the molecule is Cc1ccc(N2C(=O)[C@@H]3[C@H](C2=O)[C@H](C(=O)OCc2ccccc2)N(Cc2ccccc2)[C@H]3C2=C[C@H]3OC(C)(C)O[C@H]3O2)cc1. The molecular formula is C35H34N2O7. The first-order valence-corrected chi connectivity index (χ1v) is 14.9. The van der Waals surface area contributed by atoms with E-state index in [0.717, 1.165) is 16.7 Å². The van der Waals surface area contributed by atoms with Crippen LogP contribution >= 0.6 is 0 Å². The van der Waals surface area contributed by atoms with E-state index >= 15 is 0 Å². The summed E-state index contributed by atoms with van der Waals surface area (Å²) < 4.78 is 24.2. The number of nitrogens with zero attached hydrogens (tertiary/aromatic N) is 2. The monoisotopic (exact) mass is 594 g/mol. The van der Waals surface area contributed by atoms with Crippen LogP contribution in [0.25, 0.3) is 0 Å². The number of benzene rings is 3. The fourth-order valence-corrected chi connectivity index (χ4v) is 6.80. The lowest BCUT2D eigenvalue weighted by Crippen LogP contribution is -2.49. The molecule has 3 aromatic rings. The lowest BCUT2D eigenvalue weighted by Gasteiger charge is -2.33. The molecule has 0 unspecified atom stereocenters. The second-order valence-electron chi connectivity index (χ2n) is 12.2. The molecule has 4 heterocycles. The van der Waals surface area contributed by atoms with Crippen molar-refractivity contribution < 1.29 is 33.3 Å². The van der Waals surface area contributed by atoms with E-state index < -0.39 is 54.0 Å². The lowest BCUT2D eigenvalue weighted by atomic mass is 9.88. The van der Waals surface area contributed by atoms with E-state index in [1.54, 1.807) is 12.1 Å². The number of amides is 2. The Morgan fingerprint density at radius 1 is 0.841 bits per heavy atom. The number of hydrogen-bond donors (Lipinski definition) is 0. The van der Waals surface area contributed by atoms with Crippen LogP contribution in [0.3, 0.4) is 0 Å². The van der Waals surface area contributed by atoms with E-state index in [4.69, 9.17) is 18.9 Å². The Morgan fingerprint density at radius 3 is 2.14 bits per heavy atom. The Morgan fingerprint density at radius 2 is 1.48 bits per heavy atom. The molecule has 0 radical (unpaired) electrons. The minimum atomic E-state index is -1.04. The van der Waals surface area contributed by atoms with Gasteiger partial charge < -0.3 is 18.9 Å². The summed E-state index contributed by atoms with van der Waals surface area (Å²) in [7, 11) is 0. The predicted molar refractivity (Wildman–Crippen MR) is 159 cm³/mol. The Balaban J connectivity index is 1.30. The van der Waals surface area contributed by atoms with Gasteiger partial charge in [0.05, 0.1) is 23.6 Å². The zero-order valence-electron chi connectivity index (χ0n) is 24.8. The Labute approximate surface area is 255 Å². The zero-order valence-corrected chi connectivity index (χ0v) is 24.8. The molecule has 2 amide bonds. The summed E-state index contributed by atoms with van der Waals surface area (Å²) in [4.78, 5) is 45.8. The molecule has 0 bridgehead atoms. The second-order valence-corrected chi connectivity index (χ2v) is 12.2. The molecule has 44 heavy (non-hydrogen) atoms. The van der Waals surface area contributed by atoms with Gasteiger partial charge in [0.2, 0.25) is 18.1 Å². The summed E-state index contributed by atoms with van der Waals surface area (Å²) in [6.45, 7) is 5.90. The number of imide groups is 1. The van der Waals surface area contributed by atoms with Gasteiger partial charge >= 0.3 is 5.97 Å². The van der Waals surface area contributed by atoms with Crippen LogP contribution < -0.4 is 4.90 Å². The fraction of sp³-hybridized carbons (Fsp3) is 0.343. The second kappa shape index (κ2) is 11.0. The molecule has 0 aliphatic carbocycles. The van der Waals surface area contributed by atoms with E-state index in [-0.39, 0.29) is 19.1 Å². The van der Waals surface area contributed by atoms with Crippen LogP contribution in [0.2, 0.25) is 0 Å². The zero-order chi connectivity index (χ0) is 30.6. The molecular weight excluding hydrogens is 560 g/mol. The van der Waals surface area contributed by atoms with Gasteiger partial charge in [-0.2, -0.15) is 0 Å². The number of carbonyl (C=O) groups is 3. The number of hydrogen-bond acceptors (Lipinski definition) is 8. The minimum Gasteiger partial charge on any atom is -0.465 e. The highest BCUT2D eigenvalue weighted by Gasteiger charge is 2.66. The maximum atomic E-state index is 14.3. The van der Waals surface area contributed by atoms with Gasteiger partial charge in [0.1, 0.15) is 24.5 Å². The van der Waals surface area contributed by atoms with Crippen molar-refractivity contribution in [2.24, 2.45) is 11.8 Å². The summed E-state index contributed by atoms with van der Waals surface area (Å²) in [5, 5.41) is 0. The standard InChI is InChI=1S/C35H34N2O7/c1-21-14-16-24(17-15-21)37-31(38)27-28(32(37)39)30(33(40)41-20-23-12-8-5-9-13-23)36(19-22-10-6-4-7-11-22)29(27)25-18-26-34(42-25)44-35(2,3)43-26/h4-18,26-30,34H,19-20H2,1-3H3/t26-,27-,28+,29+,30-,34-/m1/s1. The van der Waals surface area contributed by atoms with E-state index in [1.807, 2.05) is 105 Å². The van der Waals surface area contributed by atoms with Crippen LogP contribution in [0.4, 0.5) is 5.69 Å². The molecule has 9 heteroatoms. The molecule has 0 spiro atoms. The van der Waals surface area contributed by atoms with Gasteiger partial charge in [0.25, 0.3) is 0 Å². The molecule has 4 aliphatic heterocycles. The van der Waals surface area contributed by atoms with Crippen molar-refractivity contribution in [1.29, 1.82) is 0 Å². The molecule has 4 aliphatic rings. The topological polar surface area (TPSA) is 94.6 Å². The smallest absolute Gasteiger partial charge is 0.324 e. The molecule has 6 atom stereocenters. The van der Waals surface area contributed by atoms with Gasteiger partial charge in [-0.05, 0) is 50.1 Å². The maximum Gasteiger partial charge on any atom is 0.324 e. The molecule has 0 N–H and O–H groups in total. The average molecular weight is 595 g/mol. The number of anilines is 1. The average Bonchev–Trinajstić information content (AvgIpc) is 3.69. The molecule has 0 aromatic heterocycles. The Bertz CT molecular complexity index is 1600. The van der Waals surface area contributed by atoms with E-state index in [1.165, 1.54) is 4.90 Å². The minimum absolute atomic E-state index is 0.0430. The van der Waals surface area contributed by atoms with Crippen molar-refractivity contribution in [3.8, 4) is 0 Å². The molecule has 226 valence electrons. The largest absolute Gasteiger partial charge is 0.465 e. The first kappa shape index (κ1) is 28.5. The number of rotatable bonds is 7. The first-order chi connectivity index (χ1) is 21.2. The summed E-state index contributed by atoms with van der Waals surface area (Å²) in [6.07, 6.45) is 0.645. The summed E-state index contributed by atoms with van der Waals surface area (Å²) in [5.41, 5.74) is 3.21. The van der Waals surface area contributed by atoms with Crippen LogP contribution in [-0.2, 0) is 46.5 Å². The highest BCUT2D eigenvalue weighted by Crippen LogP contribution is 2.50. The van der Waals surface area contributed by atoms with Gasteiger partial charge in [-0.25, -0.2) is 4.90 Å². The van der Waals surface area contributed by atoms with Crippen molar-refractivity contribution >= 4 is 23.5 Å². The van der Waals surface area contributed by atoms with E-state index in [0.29, 0.717) is 11.4 Å². The third-order valence-corrected chi connectivity index (χ3v) is 8.72. The van der Waals surface area contributed by atoms with E-state index in [2.05, 4.69) is 0 Å². The number of aryl methyl sites for hydroxylation is 1. The van der Waals surface area contributed by atoms with Crippen LogP contribution in [-0.4, -0.2) is 52.9 Å². The van der Waals surface area contributed by atoms with Crippen molar-refractivity contribution in [3.05, 3.63) is 113 Å². The maximum absolute atomic E-state index is 14.3. The molecule has 3 aromatic carbocycles. The molecule has 0 saturated carbocycles. The van der Waals surface area contributed by atoms with Crippen molar-refractivity contribution in [2.75, 3.05) is 4.90 Å². The summed E-state index contributed by atoms with van der Waals surface area (Å²) >= 11 is 0. The number of likely N-dealkylation sites (tertiary alicyclic amines) is 1. The normalized spacial score (nSPS) is 28.9. The van der Waals surface area contributed by atoms with Crippen LogP contribution in [0, 0.1) is 18.8 Å². The summed E-state index contributed by atoms with van der Waals surface area (Å²) in [6, 6.07) is 24.5. The van der Waals surface area contributed by atoms with Gasteiger partial charge in [0, 0.05) is 6.54 Å². The highest BCUT2D eigenvalue weighted by atomic mass is 16.8. The first-order valence-electron chi connectivity index (χ1n) is 14.9. The molecule has 3 fully saturated rings. The number of carbonyl (C=O) groups excluding carboxylic acids is 3. The third kappa shape index (κ3) is 5.00. The van der Waals surface area contributed by atoms with Gasteiger partial charge in [0.15, 0.2) is 5.79 Å². The van der Waals surface area contributed by atoms with Crippen molar-refractivity contribution in [3.63, 3.8) is 0 Å². The van der Waals surface area contributed by atoms with Gasteiger partial charge in [-0.3, -0.25) is 19.3 Å². The lowest BCUT2D eigenvalue weighted by molar-refractivity contribution is -0.184.